The zero-order valence-electron chi connectivity index (χ0n) is 16.5. The first kappa shape index (κ1) is 20.5. The summed E-state index contributed by atoms with van der Waals surface area (Å²) in [5.74, 6) is -1.17. The number of para-hydroxylation sites is 1. The van der Waals surface area contributed by atoms with E-state index in [0.717, 1.165) is 4.68 Å². The van der Waals surface area contributed by atoms with Gasteiger partial charge in [-0.2, -0.15) is 9.78 Å². The van der Waals surface area contributed by atoms with Gasteiger partial charge in [-0.25, -0.2) is 4.79 Å². The normalized spacial score (nSPS) is 11.8. The van der Waals surface area contributed by atoms with Crippen LogP contribution in [0, 0.1) is 0 Å². The first-order chi connectivity index (χ1) is 15.0. The van der Waals surface area contributed by atoms with Crippen molar-refractivity contribution in [2.24, 2.45) is 0 Å². The van der Waals surface area contributed by atoms with Gasteiger partial charge in [-0.15, -0.1) is 0 Å². The van der Waals surface area contributed by atoms with Crippen LogP contribution in [0.2, 0.25) is 5.02 Å². The van der Waals surface area contributed by atoms with E-state index in [-0.39, 0.29) is 17.0 Å². The fourth-order valence-electron chi connectivity index (χ4n) is 3.20. The number of Topliss-reactive ketones (excluding diaryl/α,β-unsaturated/α-hetero) is 1. The van der Waals surface area contributed by atoms with Gasteiger partial charge in [0, 0.05) is 16.0 Å². The monoisotopic (exact) mass is 432 g/mol. The van der Waals surface area contributed by atoms with Crippen molar-refractivity contribution in [3.63, 3.8) is 0 Å². The predicted octanol–water partition coefficient (Wildman–Crippen LogP) is 4.47. The predicted molar refractivity (Wildman–Crippen MR) is 118 cm³/mol. The molecule has 4 rings (SSSR count). The molecule has 0 spiro atoms. The van der Waals surface area contributed by atoms with Crippen LogP contribution >= 0.6 is 11.6 Å². The molecule has 3 aromatic carbocycles. The zero-order chi connectivity index (χ0) is 22.0. The highest BCUT2D eigenvalue weighted by atomic mass is 35.5. The van der Waals surface area contributed by atoms with Crippen molar-refractivity contribution < 1.29 is 14.3 Å². The number of benzene rings is 3. The summed E-state index contributed by atoms with van der Waals surface area (Å²) in [6, 6.07) is 21.8. The van der Waals surface area contributed by atoms with E-state index < -0.39 is 12.1 Å². The summed E-state index contributed by atoms with van der Waals surface area (Å²) in [6.07, 6.45) is -1.05. The molecule has 31 heavy (non-hydrogen) atoms. The van der Waals surface area contributed by atoms with Gasteiger partial charge in [0.15, 0.2) is 11.8 Å². The van der Waals surface area contributed by atoms with Crippen LogP contribution < -0.4 is 5.56 Å². The highest BCUT2D eigenvalue weighted by Gasteiger charge is 2.24. The van der Waals surface area contributed by atoms with Crippen LogP contribution in [0.4, 0.5) is 0 Å². The maximum atomic E-state index is 13.0. The van der Waals surface area contributed by atoms with Crippen LogP contribution in [-0.2, 0) is 4.74 Å². The lowest BCUT2D eigenvalue weighted by Crippen LogP contribution is -2.28. The summed E-state index contributed by atoms with van der Waals surface area (Å²) in [6.45, 7) is 1.49. The molecule has 1 unspecified atom stereocenters. The number of carbonyl (C=O) groups is 2. The second kappa shape index (κ2) is 8.53. The molecule has 0 saturated heterocycles. The number of esters is 1. The van der Waals surface area contributed by atoms with Gasteiger partial charge >= 0.3 is 5.97 Å². The van der Waals surface area contributed by atoms with Gasteiger partial charge in [-0.3, -0.25) is 9.59 Å². The van der Waals surface area contributed by atoms with Crippen molar-refractivity contribution in [3.05, 3.63) is 105 Å². The molecule has 4 aromatic rings. The molecule has 0 N–H and O–H groups in total. The number of aromatic nitrogens is 2. The lowest BCUT2D eigenvalue weighted by molar-refractivity contribution is 0.0313. The standard InChI is InChI=1S/C24H17ClN2O4/c1-15(22(28)16-11-13-17(25)14-12-16)31-24(30)21-19-9-5-6-10-20(19)23(29)27(26-21)18-7-3-2-4-8-18/h2-15H,1H3. The second-order valence-electron chi connectivity index (χ2n) is 6.87. The first-order valence-corrected chi connectivity index (χ1v) is 9.92. The Morgan fingerprint density at radius 1 is 0.903 bits per heavy atom. The van der Waals surface area contributed by atoms with Crippen molar-refractivity contribution in [1.82, 2.24) is 9.78 Å². The van der Waals surface area contributed by atoms with Crippen LogP contribution in [0.1, 0.15) is 27.8 Å². The van der Waals surface area contributed by atoms with Crippen molar-refractivity contribution in [2.45, 2.75) is 13.0 Å². The average molecular weight is 433 g/mol. The number of fused-ring (bicyclic) bond motifs is 1. The Morgan fingerprint density at radius 2 is 1.52 bits per heavy atom. The smallest absolute Gasteiger partial charge is 0.360 e. The average Bonchev–Trinajstić information content (AvgIpc) is 2.80. The molecule has 6 nitrogen and oxygen atoms in total. The van der Waals surface area contributed by atoms with E-state index in [1.54, 1.807) is 72.8 Å². The molecule has 1 atom stereocenters. The molecule has 0 fully saturated rings. The number of carbonyl (C=O) groups excluding carboxylic acids is 2. The summed E-state index contributed by atoms with van der Waals surface area (Å²) in [7, 11) is 0. The van der Waals surface area contributed by atoms with E-state index in [4.69, 9.17) is 16.3 Å². The summed E-state index contributed by atoms with van der Waals surface area (Å²) in [4.78, 5) is 38.5. The van der Waals surface area contributed by atoms with Gasteiger partial charge in [-0.05, 0) is 49.4 Å². The minimum atomic E-state index is -1.05. The number of hydrogen-bond acceptors (Lipinski definition) is 5. The number of ketones is 1. The Morgan fingerprint density at radius 3 is 2.19 bits per heavy atom. The van der Waals surface area contributed by atoms with E-state index in [1.807, 2.05) is 6.07 Å². The third-order valence-electron chi connectivity index (χ3n) is 4.78. The molecule has 0 radical (unpaired) electrons. The van der Waals surface area contributed by atoms with Crippen LogP contribution in [-0.4, -0.2) is 27.6 Å². The van der Waals surface area contributed by atoms with Gasteiger partial charge in [0.05, 0.1) is 11.1 Å². The Hall–Kier alpha value is -3.77. The van der Waals surface area contributed by atoms with Gasteiger partial charge in [-0.1, -0.05) is 48.0 Å². The molecule has 0 saturated carbocycles. The van der Waals surface area contributed by atoms with E-state index in [0.29, 0.717) is 27.0 Å². The van der Waals surface area contributed by atoms with Crippen LogP contribution in [0.25, 0.3) is 16.5 Å². The summed E-state index contributed by atoms with van der Waals surface area (Å²) in [5.41, 5.74) is 0.479. The Balaban J connectivity index is 1.72. The molecule has 0 aliphatic heterocycles. The number of rotatable bonds is 5. The molecule has 154 valence electrons. The molecular weight excluding hydrogens is 416 g/mol. The summed E-state index contributed by atoms with van der Waals surface area (Å²) < 4.78 is 6.58. The minimum absolute atomic E-state index is 0.0465. The van der Waals surface area contributed by atoms with Crippen LogP contribution in [0.5, 0.6) is 0 Å². The maximum Gasteiger partial charge on any atom is 0.360 e. The topological polar surface area (TPSA) is 78.3 Å². The number of hydrogen-bond donors (Lipinski definition) is 0. The zero-order valence-corrected chi connectivity index (χ0v) is 17.2. The Bertz CT molecular complexity index is 1330. The lowest BCUT2D eigenvalue weighted by Gasteiger charge is -2.14. The lowest BCUT2D eigenvalue weighted by atomic mass is 10.1. The van der Waals surface area contributed by atoms with Crippen LogP contribution in [0.15, 0.2) is 83.7 Å². The van der Waals surface area contributed by atoms with Crippen molar-refractivity contribution in [2.75, 3.05) is 0 Å². The minimum Gasteiger partial charge on any atom is -0.449 e. The summed E-state index contributed by atoms with van der Waals surface area (Å²) in [5, 5.41) is 5.45. The highest BCUT2D eigenvalue weighted by molar-refractivity contribution is 6.30. The fraction of sp³-hybridized carbons (Fsp3) is 0.0833. The van der Waals surface area contributed by atoms with Crippen LogP contribution in [0.3, 0.4) is 0 Å². The van der Waals surface area contributed by atoms with Gasteiger partial charge in [0.1, 0.15) is 0 Å². The maximum absolute atomic E-state index is 13.0. The fourth-order valence-corrected chi connectivity index (χ4v) is 3.33. The van der Waals surface area contributed by atoms with Crippen molar-refractivity contribution in [3.8, 4) is 5.69 Å². The van der Waals surface area contributed by atoms with E-state index in [1.165, 1.54) is 6.92 Å². The molecule has 1 aromatic heterocycles. The molecule has 0 amide bonds. The molecule has 0 bridgehead atoms. The summed E-state index contributed by atoms with van der Waals surface area (Å²) >= 11 is 5.86. The largest absolute Gasteiger partial charge is 0.449 e. The number of halogens is 1. The van der Waals surface area contributed by atoms with E-state index in [9.17, 15) is 14.4 Å². The molecule has 0 aliphatic rings. The van der Waals surface area contributed by atoms with Gasteiger partial charge in [0.25, 0.3) is 5.56 Å². The molecule has 7 heteroatoms. The number of nitrogens with zero attached hydrogens (tertiary/aromatic N) is 2. The molecule has 0 aliphatic carbocycles. The SMILES string of the molecule is CC(OC(=O)c1nn(-c2ccccc2)c(=O)c2ccccc12)C(=O)c1ccc(Cl)cc1. The Kier molecular flexibility index (Phi) is 5.64. The van der Waals surface area contributed by atoms with Crippen molar-refractivity contribution in [1.29, 1.82) is 0 Å². The van der Waals surface area contributed by atoms with E-state index in [2.05, 4.69) is 5.10 Å². The first-order valence-electron chi connectivity index (χ1n) is 9.54. The van der Waals surface area contributed by atoms with Gasteiger partial charge in [0.2, 0.25) is 5.78 Å². The quantitative estimate of drug-likeness (QED) is 0.343. The van der Waals surface area contributed by atoms with Crippen molar-refractivity contribution >= 4 is 34.1 Å². The molecular formula is C24H17ClN2O4. The third-order valence-corrected chi connectivity index (χ3v) is 5.03. The number of ether oxygens (including phenoxy) is 1. The van der Waals surface area contributed by atoms with E-state index >= 15 is 0 Å². The Labute approximate surface area is 182 Å². The highest BCUT2D eigenvalue weighted by Crippen LogP contribution is 2.18. The van der Waals surface area contributed by atoms with Gasteiger partial charge < -0.3 is 4.74 Å². The molecule has 1 heterocycles. The second-order valence-corrected chi connectivity index (χ2v) is 7.30. The third kappa shape index (κ3) is 4.11.